The second-order valence-corrected chi connectivity index (χ2v) is 5.47. The zero-order chi connectivity index (χ0) is 15.2. The van der Waals surface area contributed by atoms with Gasteiger partial charge in [-0.05, 0) is 54.1 Å². The van der Waals surface area contributed by atoms with Crippen LogP contribution >= 0.6 is 15.9 Å². The van der Waals surface area contributed by atoms with Gasteiger partial charge in [0.2, 0.25) is 0 Å². The highest BCUT2D eigenvalue weighted by atomic mass is 79.9. The van der Waals surface area contributed by atoms with Gasteiger partial charge >= 0.3 is 5.97 Å². The van der Waals surface area contributed by atoms with Crippen LogP contribution in [0.5, 0.6) is 5.75 Å². The summed E-state index contributed by atoms with van der Waals surface area (Å²) in [5.74, 6) is 0.127. The van der Waals surface area contributed by atoms with Crippen LogP contribution in [-0.2, 0) is 0 Å². The third kappa shape index (κ3) is 4.72. The minimum Gasteiger partial charge on any atom is -0.423 e. The highest BCUT2D eigenvalue weighted by Gasteiger charge is 2.08. The van der Waals surface area contributed by atoms with E-state index >= 15 is 0 Å². The summed E-state index contributed by atoms with van der Waals surface area (Å²) in [5.41, 5.74) is 1.45. The molecule has 0 spiro atoms. The van der Waals surface area contributed by atoms with Gasteiger partial charge in [0.15, 0.2) is 0 Å². The molecule has 0 aliphatic carbocycles. The number of benzene rings is 2. The molecule has 21 heavy (non-hydrogen) atoms. The van der Waals surface area contributed by atoms with Crippen molar-refractivity contribution in [2.24, 2.45) is 5.10 Å². The van der Waals surface area contributed by atoms with Crippen LogP contribution in [0, 0.1) is 0 Å². The minimum atomic E-state index is -0.378. The van der Waals surface area contributed by atoms with E-state index in [4.69, 9.17) is 4.74 Å². The van der Waals surface area contributed by atoms with Crippen molar-refractivity contribution in [3.63, 3.8) is 0 Å². The van der Waals surface area contributed by atoms with E-state index in [1.54, 1.807) is 47.6 Å². The highest BCUT2D eigenvalue weighted by molar-refractivity contribution is 9.10. The van der Waals surface area contributed by atoms with E-state index < -0.39 is 0 Å². The Morgan fingerprint density at radius 1 is 1.10 bits per heavy atom. The van der Waals surface area contributed by atoms with Gasteiger partial charge in [-0.3, -0.25) is 0 Å². The van der Waals surface area contributed by atoms with Crippen LogP contribution < -0.4 is 4.74 Å². The predicted molar refractivity (Wildman–Crippen MR) is 86.8 cm³/mol. The summed E-state index contributed by atoms with van der Waals surface area (Å²) in [5, 5.41) is 5.85. The number of hydrazone groups is 1. The molecule has 0 amide bonds. The zero-order valence-corrected chi connectivity index (χ0v) is 13.4. The SMILES string of the molecule is CN(C)/N=C/c1ccc(OC(=O)c2ccc(Br)cc2)cc1. The maximum absolute atomic E-state index is 12.0. The van der Waals surface area contributed by atoms with Gasteiger partial charge in [0.1, 0.15) is 5.75 Å². The molecule has 0 aliphatic heterocycles. The molecule has 0 radical (unpaired) electrons. The van der Waals surface area contributed by atoms with Crippen molar-refractivity contribution < 1.29 is 9.53 Å². The molecule has 108 valence electrons. The van der Waals surface area contributed by atoms with Crippen LogP contribution in [0.3, 0.4) is 0 Å². The van der Waals surface area contributed by atoms with Gasteiger partial charge in [-0.15, -0.1) is 0 Å². The summed E-state index contributed by atoms with van der Waals surface area (Å²) in [4.78, 5) is 12.0. The molecule has 0 saturated carbocycles. The Morgan fingerprint density at radius 3 is 2.29 bits per heavy atom. The molecule has 4 nitrogen and oxygen atoms in total. The normalized spacial score (nSPS) is 10.6. The number of carbonyl (C=O) groups is 1. The first-order valence-corrected chi connectivity index (χ1v) is 7.13. The third-order valence-electron chi connectivity index (χ3n) is 2.61. The van der Waals surface area contributed by atoms with Crippen molar-refractivity contribution in [3.8, 4) is 5.75 Å². The van der Waals surface area contributed by atoms with E-state index in [1.807, 2.05) is 26.2 Å². The first kappa shape index (κ1) is 15.3. The molecule has 2 rings (SSSR count). The average Bonchev–Trinajstić information content (AvgIpc) is 2.47. The van der Waals surface area contributed by atoms with Crippen molar-refractivity contribution in [1.82, 2.24) is 5.01 Å². The number of carbonyl (C=O) groups excluding carboxylic acids is 1. The molecule has 0 atom stereocenters. The molecular weight excluding hydrogens is 332 g/mol. The molecule has 0 fully saturated rings. The fraction of sp³-hybridized carbons (Fsp3) is 0.125. The molecule has 0 heterocycles. The number of halogens is 1. The highest BCUT2D eigenvalue weighted by Crippen LogP contribution is 2.15. The second kappa shape index (κ2) is 7.04. The maximum Gasteiger partial charge on any atom is 0.343 e. The van der Waals surface area contributed by atoms with E-state index in [9.17, 15) is 4.79 Å². The molecule has 2 aromatic carbocycles. The lowest BCUT2D eigenvalue weighted by Gasteiger charge is -2.05. The van der Waals surface area contributed by atoms with Crippen molar-refractivity contribution in [2.75, 3.05) is 14.1 Å². The summed E-state index contributed by atoms with van der Waals surface area (Å²) >= 11 is 3.33. The summed E-state index contributed by atoms with van der Waals surface area (Å²) in [6.07, 6.45) is 1.74. The van der Waals surface area contributed by atoms with Gasteiger partial charge in [0.05, 0.1) is 11.8 Å². The topological polar surface area (TPSA) is 41.9 Å². The van der Waals surface area contributed by atoms with Crippen LogP contribution in [0.2, 0.25) is 0 Å². The largest absolute Gasteiger partial charge is 0.423 e. The average molecular weight is 347 g/mol. The number of ether oxygens (including phenoxy) is 1. The number of hydrogen-bond donors (Lipinski definition) is 0. The number of esters is 1. The smallest absolute Gasteiger partial charge is 0.343 e. The van der Waals surface area contributed by atoms with Crippen LogP contribution in [-0.4, -0.2) is 31.3 Å². The fourth-order valence-electron chi connectivity index (χ4n) is 1.56. The molecular formula is C16H15BrN2O2. The zero-order valence-electron chi connectivity index (χ0n) is 11.8. The minimum absolute atomic E-state index is 0.378. The molecule has 2 aromatic rings. The van der Waals surface area contributed by atoms with Crippen LogP contribution in [0.25, 0.3) is 0 Å². The Morgan fingerprint density at radius 2 is 1.71 bits per heavy atom. The van der Waals surface area contributed by atoms with Crippen LogP contribution in [0.4, 0.5) is 0 Å². The van der Waals surface area contributed by atoms with E-state index in [0.29, 0.717) is 11.3 Å². The lowest BCUT2D eigenvalue weighted by atomic mass is 10.2. The van der Waals surface area contributed by atoms with Gasteiger partial charge in [-0.25, -0.2) is 4.79 Å². The Labute approximate surface area is 132 Å². The first-order valence-electron chi connectivity index (χ1n) is 6.34. The van der Waals surface area contributed by atoms with Gasteiger partial charge in [-0.1, -0.05) is 15.9 Å². The third-order valence-corrected chi connectivity index (χ3v) is 3.14. The fourth-order valence-corrected chi connectivity index (χ4v) is 1.82. The van der Waals surface area contributed by atoms with E-state index in [0.717, 1.165) is 10.0 Å². The van der Waals surface area contributed by atoms with E-state index in [1.165, 1.54) is 0 Å². The molecule has 0 bridgehead atoms. The number of nitrogens with zero attached hydrogens (tertiary/aromatic N) is 2. The summed E-state index contributed by atoms with van der Waals surface area (Å²) in [6.45, 7) is 0. The monoisotopic (exact) mass is 346 g/mol. The summed E-state index contributed by atoms with van der Waals surface area (Å²) in [6, 6.07) is 14.2. The standard InChI is InChI=1S/C16H15BrN2O2/c1-19(2)18-11-12-3-9-15(10-4-12)21-16(20)13-5-7-14(17)8-6-13/h3-11H,1-2H3/b18-11+. The van der Waals surface area contributed by atoms with Gasteiger partial charge in [-0.2, -0.15) is 5.10 Å². The molecule has 0 N–H and O–H groups in total. The lowest BCUT2D eigenvalue weighted by Crippen LogP contribution is -2.08. The van der Waals surface area contributed by atoms with Crippen molar-refractivity contribution in [1.29, 1.82) is 0 Å². The molecule has 0 aliphatic rings. The van der Waals surface area contributed by atoms with Crippen LogP contribution in [0.15, 0.2) is 58.1 Å². The molecule has 5 heteroatoms. The second-order valence-electron chi connectivity index (χ2n) is 4.56. The van der Waals surface area contributed by atoms with E-state index in [2.05, 4.69) is 21.0 Å². The molecule has 0 aromatic heterocycles. The summed E-state index contributed by atoms with van der Waals surface area (Å²) < 4.78 is 6.23. The summed E-state index contributed by atoms with van der Waals surface area (Å²) in [7, 11) is 3.70. The Bertz CT molecular complexity index is 634. The Kier molecular flexibility index (Phi) is 5.11. The van der Waals surface area contributed by atoms with Gasteiger partial charge < -0.3 is 9.75 Å². The molecule has 0 unspecified atom stereocenters. The maximum atomic E-state index is 12.0. The lowest BCUT2D eigenvalue weighted by molar-refractivity contribution is 0.0735. The van der Waals surface area contributed by atoms with Gasteiger partial charge in [0, 0.05) is 18.6 Å². The van der Waals surface area contributed by atoms with Crippen molar-refractivity contribution in [3.05, 3.63) is 64.1 Å². The molecule has 0 saturated heterocycles. The van der Waals surface area contributed by atoms with Crippen LogP contribution in [0.1, 0.15) is 15.9 Å². The van der Waals surface area contributed by atoms with E-state index in [-0.39, 0.29) is 5.97 Å². The predicted octanol–water partition coefficient (Wildman–Crippen LogP) is 3.56. The first-order chi connectivity index (χ1) is 10.0. The quantitative estimate of drug-likeness (QED) is 0.368. The van der Waals surface area contributed by atoms with Crippen molar-refractivity contribution in [2.45, 2.75) is 0 Å². The number of rotatable bonds is 4. The Balaban J connectivity index is 2.03. The number of hydrogen-bond acceptors (Lipinski definition) is 4. The van der Waals surface area contributed by atoms with Gasteiger partial charge in [0.25, 0.3) is 0 Å². The van der Waals surface area contributed by atoms with Crippen molar-refractivity contribution >= 4 is 28.1 Å². The Hall–Kier alpha value is -2.14.